The van der Waals surface area contributed by atoms with Gasteiger partial charge in [0.1, 0.15) is 11.3 Å². The maximum Gasteiger partial charge on any atom is 0.295 e. The van der Waals surface area contributed by atoms with E-state index in [-0.39, 0.29) is 16.8 Å². The molecule has 4 aromatic rings. The summed E-state index contributed by atoms with van der Waals surface area (Å²) in [6.45, 7) is 3.85. The van der Waals surface area contributed by atoms with E-state index in [0.29, 0.717) is 50.2 Å². The number of carbonyl (C=O) groups is 1. The van der Waals surface area contributed by atoms with Crippen molar-refractivity contribution in [2.24, 2.45) is 0 Å². The minimum atomic E-state index is -0.863. The maximum atomic E-state index is 14.0. The van der Waals surface area contributed by atoms with Crippen LogP contribution in [0.1, 0.15) is 38.9 Å². The van der Waals surface area contributed by atoms with Crippen LogP contribution in [0, 0.1) is 13.8 Å². The van der Waals surface area contributed by atoms with Gasteiger partial charge in [-0.15, -0.1) is 0 Å². The van der Waals surface area contributed by atoms with Crippen LogP contribution >= 0.6 is 11.6 Å². The monoisotopic (exact) mass is 535 g/mol. The van der Waals surface area contributed by atoms with E-state index in [9.17, 15) is 9.59 Å². The first-order chi connectivity index (χ1) is 18.2. The van der Waals surface area contributed by atoms with Crippen molar-refractivity contribution in [2.75, 3.05) is 33.3 Å². The number of fused-ring (bicyclic) bond motifs is 2. The fourth-order valence-electron chi connectivity index (χ4n) is 4.87. The number of methoxy groups -OCH3 is 4. The second-order valence-corrected chi connectivity index (χ2v) is 9.37. The molecule has 1 amide bonds. The van der Waals surface area contributed by atoms with E-state index in [2.05, 4.69) is 0 Å². The van der Waals surface area contributed by atoms with Gasteiger partial charge < -0.3 is 23.4 Å². The first-order valence-corrected chi connectivity index (χ1v) is 12.2. The minimum Gasteiger partial charge on any atom is -0.495 e. The molecule has 9 heteroatoms. The second kappa shape index (κ2) is 9.61. The van der Waals surface area contributed by atoms with E-state index in [4.69, 9.17) is 35.0 Å². The number of benzene rings is 3. The summed E-state index contributed by atoms with van der Waals surface area (Å²) in [6, 6.07) is 11.1. The average Bonchev–Trinajstić information content (AvgIpc) is 3.21. The summed E-state index contributed by atoms with van der Waals surface area (Å²) in [7, 11) is 6.02. The number of nitrogens with zero attached hydrogens (tertiary/aromatic N) is 1. The van der Waals surface area contributed by atoms with Crippen LogP contribution in [0.5, 0.6) is 23.0 Å². The number of hydrogen-bond acceptors (Lipinski definition) is 7. The normalized spacial score (nSPS) is 14.6. The SMILES string of the molecule is COc1ccc(N2C(=O)c3oc4cc(C)c(C)cc4c(=O)c3C2c2cc(OC)c(OC)c(OC)c2)cc1Cl. The standard InChI is InChI=1S/C29H26ClNO7/c1-14-9-18-21(10-15(14)2)38-28-24(26(18)32)25(16-11-22(35-4)27(37-6)23(12-16)36-5)31(29(28)33)17-7-8-20(34-3)19(30)13-17/h7-13,25H,1-6H3. The zero-order valence-electron chi connectivity index (χ0n) is 21.8. The molecule has 2 heterocycles. The Morgan fingerprint density at radius 2 is 1.45 bits per heavy atom. The summed E-state index contributed by atoms with van der Waals surface area (Å²) < 4.78 is 28.0. The maximum absolute atomic E-state index is 14.0. The van der Waals surface area contributed by atoms with Crippen molar-refractivity contribution >= 4 is 34.2 Å². The van der Waals surface area contributed by atoms with Gasteiger partial charge in [-0.05, 0) is 73.0 Å². The number of ether oxygens (including phenoxy) is 4. The van der Waals surface area contributed by atoms with E-state index >= 15 is 0 Å². The van der Waals surface area contributed by atoms with Gasteiger partial charge in [-0.1, -0.05) is 11.6 Å². The fourth-order valence-corrected chi connectivity index (χ4v) is 5.13. The van der Waals surface area contributed by atoms with Gasteiger partial charge in [0, 0.05) is 5.69 Å². The van der Waals surface area contributed by atoms with Crippen LogP contribution in [0.25, 0.3) is 11.0 Å². The van der Waals surface area contributed by atoms with E-state index in [1.165, 1.54) is 33.3 Å². The van der Waals surface area contributed by atoms with Gasteiger partial charge in [0.2, 0.25) is 11.5 Å². The Morgan fingerprint density at radius 3 is 2.03 bits per heavy atom. The topological polar surface area (TPSA) is 87.4 Å². The molecule has 1 aromatic heterocycles. The Labute approximate surface area is 224 Å². The molecule has 1 unspecified atom stereocenters. The summed E-state index contributed by atoms with van der Waals surface area (Å²) >= 11 is 6.44. The first kappa shape index (κ1) is 25.5. The molecular weight excluding hydrogens is 510 g/mol. The third-order valence-electron chi connectivity index (χ3n) is 6.90. The Hall–Kier alpha value is -4.17. The minimum absolute atomic E-state index is 0.0311. The van der Waals surface area contributed by atoms with Gasteiger partial charge in [0.25, 0.3) is 5.91 Å². The lowest BCUT2D eigenvalue weighted by Gasteiger charge is -2.26. The second-order valence-electron chi connectivity index (χ2n) is 8.96. The number of hydrogen-bond donors (Lipinski definition) is 0. The molecular formula is C29H26ClNO7. The molecule has 1 atom stereocenters. The molecule has 0 fully saturated rings. The summed E-state index contributed by atoms with van der Waals surface area (Å²) in [5.74, 6) is 1.10. The van der Waals surface area contributed by atoms with E-state index < -0.39 is 11.9 Å². The van der Waals surface area contributed by atoms with Crippen LogP contribution < -0.4 is 29.3 Å². The number of anilines is 1. The molecule has 0 saturated carbocycles. The third-order valence-corrected chi connectivity index (χ3v) is 7.20. The Balaban J connectivity index is 1.84. The molecule has 196 valence electrons. The van der Waals surface area contributed by atoms with E-state index in [0.717, 1.165) is 11.1 Å². The molecule has 1 aliphatic rings. The first-order valence-electron chi connectivity index (χ1n) is 11.8. The highest BCUT2D eigenvalue weighted by Gasteiger charge is 2.44. The zero-order valence-corrected chi connectivity index (χ0v) is 22.6. The molecule has 3 aromatic carbocycles. The van der Waals surface area contributed by atoms with E-state index in [1.807, 2.05) is 13.8 Å². The van der Waals surface area contributed by atoms with Gasteiger partial charge in [-0.2, -0.15) is 0 Å². The zero-order chi connectivity index (χ0) is 27.3. The molecule has 0 bridgehead atoms. The largest absolute Gasteiger partial charge is 0.495 e. The highest BCUT2D eigenvalue weighted by Crippen LogP contribution is 2.47. The van der Waals surface area contributed by atoms with Gasteiger partial charge in [-0.3, -0.25) is 14.5 Å². The average molecular weight is 536 g/mol. The van der Waals surface area contributed by atoms with Crippen LogP contribution in [0.3, 0.4) is 0 Å². The molecule has 0 aliphatic carbocycles. The van der Waals surface area contributed by atoms with Crippen LogP contribution in [0.2, 0.25) is 5.02 Å². The smallest absolute Gasteiger partial charge is 0.295 e. The molecule has 5 rings (SSSR count). The van der Waals surface area contributed by atoms with Crippen molar-refractivity contribution in [1.82, 2.24) is 0 Å². The molecule has 38 heavy (non-hydrogen) atoms. The van der Waals surface area contributed by atoms with Crippen molar-refractivity contribution in [2.45, 2.75) is 19.9 Å². The van der Waals surface area contributed by atoms with Crippen LogP contribution in [-0.2, 0) is 0 Å². The summed E-state index contributed by atoms with van der Waals surface area (Å²) in [5, 5.41) is 0.708. The molecule has 0 saturated heterocycles. The van der Waals surface area contributed by atoms with Crippen molar-refractivity contribution in [1.29, 1.82) is 0 Å². The number of halogens is 1. The number of aryl methyl sites for hydroxylation is 2. The Morgan fingerprint density at radius 1 is 0.816 bits per heavy atom. The van der Waals surface area contributed by atoms with Crippen LogP contribution in [-0.4, -0.2) is 34.3 Å². The quantitative estimate of drug-likeness (QED) is 0.306. The van der Waals surface area contributed by atoms with Crippen LogP contribution in [0.4, 0.5) is 5.69 Å². The molecule has 0 radical (unpaired) electrons. The highest BCUT2D eigenvalue weighted by molar-refractivity contribution is 6.32. The van der Waals surface area contributed by atoms with Crippen LogP contribution in [0.15, 0.2) is 51.7 Å². The number of amides is 1. The van der Waals surface area contributed by atoms with Gasteiger partial charge in [0.15, 0.2) is 16.9 Å². The predicted molar refractivity (Wildman–Crippen MR) is 145 cm³/mol. The summed E-state index contributed by atoms with van der Waals surface area (Å²) in [6.07, 6.45) is 0. The predicted octanol–water partition coefficient (Wildman–Crippen LogP) is 5.85. The number of carbonyl (C=O) groups excluding carboxylic acids is 1. The summed E-state index contributed by atoms with van der Waals surface area (Å²) in [4.78, 5) is 29.5. The fraction of sp³-hybridized carbons (Fsp3) is 0.241. The summed E-state index contributed by atoms with van der Waals surface area (Å²) in [5.41, 5.74) is 3.19. The molecule has 0 spiro atoms. The number of rotatable bonds is 6. The Kier molecular flexibility index (Phi) is 6.44. The lowest BCUT2D eigenvalue weighted by Crippen LogP contribution is -2.29. The highest BCUT2D eigenvalue weighted by atomic mass is 35.5. The van der Waals surface area contributed by atoms with Gasteiger partial charge in [-0.25, -0.2) is 0 Å². The molecule has 1 aliphatic heterocycles. The van der Waals surface area contributed by atoms with Gasteiger partial charge in [0.05, 0.1) is 50.5 Å². The lowest BCUT2D eigenvalue weighted by molar-refractivity contribution is 0.0971. The lowest BCUT2D eigenvalue weighted by atomic mass is 9.96. The van der Waals surface area contributed by atoms with Crippen molar-refractivity contribution in [3.05, 3.63) is 85.7 Å². The molecule has 0 N–H and O–H groups in total. The van der Waals surface area contributed by atoms with Crippen molar-refractivity contribution in [3.63, 3.8) is 0 Å². The third kappa shape index (κ3) is 3.83. The van der Waals surface area contributed by atoms with Gasteiger partial charge >= 0.3 is 0 Å². The van der Waals surface area contributed by atoms with Crippen molar-refractivity contribution < 1.29 is 28.2 Å². The molecule has 8 nitrogen and oxygen atoms in total. The Bertz CT molecular complexity index is 1630. The van der Waals surface area contributed by atoms with E-state index in [1.54, 1.807) is 42.5 Å². The van der Waals surface area contributed by atoms with Crippen molar-refractivity contribution in [3.8, 4) is 23.0 Å².